The Hall–Kier alpha value is -2.53. The summed E-state index contributed by atoms with van der Waals surface area (Å²) in [5, 5.41) is 12.5. The molecular weight excluding hydrogens is 464 g/mol. The van der Waals surface area contributed by atoms with Gasteiger partial charge in [0.15, 0.2) is 18.1 Å². The molecule has 0 aromatic heterocycles. The number of esters is 1. The van der Waals surface area contributed by atoms with Gasteiger partial charge in [-0.25, -0.2) is 4.79 Å². The van der Waals surface area contributed by atoms with E-state index >= 15 is 0 Å². The molecule has 2 atom stereocenters. The van der Waals surface area contributed by atoms with Crippen LogP contribution in [0.5, 0.6) is 11.5 Å². The fourth-order valence-electron chi connectivity index (χ4n) is 3.50. The lowest BCUT2D eigenvalue weighted by Crippen LogP contribution is -2.41. The first-order chi connectivity index (χ1) is 14.9. The monoisotopic (exact) mass is 492 g/mol. The van der Waals surface area contributed by atoms with Gasteiger partial charge in [-0.05, 0) is 72.3 Å². The maximum Gasteiger partial charge on any atom is 0.344 e. The lowest BCUT2D eigenvalue weighted by molar-refractivity contribution is -0.145. The summed E-state index contributed by atoms with van der Waals surface area (Å²) in [6.45, 7) is 6.06. The molecule has 1 N–H and O–H groups in total. The van der Waals surface area contributed by atoms with Gasteiger partial charge in [0.05, 0.1) is 17.7 Å². The van der Waals surface area contributed by atoms with E-state index in [4.69, 9.17) is 14.2 Å². The molecule has 1 aromatic rings. The van der Waals surface area contributed by atoms with E-state index in [0.717, 1.165) is 19.3 Å². The Morgan fingerprint density at radius 3 is 2.61 bits per heavy atom. The molecule has 0 unspecified atom stereocenters. The first-order valence-corrected chi connectivity index (χ1v) is 11.4. The van der Waals surface area contributed by atoms with Crippen LogP contribution in [0.4, 0.5) is 0 Å². The molecule has 0 bridgehead atoms. The van der Waals surface area contributed by atoms with Gasteiger partial charge >= 0.3 is 5.97 Å². The first kappa shape index (κ1) is 24.7. The fourth-order valence-corrected chi connectivity index (χ4v) is 4.07. The standard InChI is InChI=1S/C23H29BrN2O5/c1-4-29-20-12-16(11-18(24)22(20)31-14-21(27)30-5-2)10-17(13-25)23(28)26-19-9-7-6-8-15(19)3/h10-12,15,19H,4-9,14H2,1-3H3,(H,26,28)/b17-10+/t15-,19+/m1/s1. The van der Waals surface area contributed by atoms with Gasteiger partial charge in [-0.2, -0.15) is 5.26 Å². The zero-order valence-electron chi connectivity index (χ0n) is 18.2. The highest BCUT2D eigenvalue weighted by Crippen LogP contribution is 2.37. The highest BCUT2D eigenvalue weighted by atomic mass is 79.9. The summed E-state index contributed by atoms with van der Waals surface area (Å²) in [6.07, 6.45) is 5.78. The number of amides is 1. The quantitative estimate of drug-likeness (QED) is 0.311. The lowest BCUT2D eigenvalue weighted by atomic mass is 9.86. The number of halogens is 1. The van der Waals surface area contributed by atoms with Crippen LogP contribution in [0.15, 0.2) is 22.2 Å². The van der Waals surface area contributed by atoms with Crippen LogP contribution in [0.3, 0.4) is 0 Å². The molecule has 7 nitrogen and oxygen atoms in total. The van der Waals surface area contributed by atoms with E-state index in [0.29, 0.717) is 34.1 Å². The van der Waals surface area contributed by atoms with Crippen LogP contribution in [0.2, 0.25) is 0 Å². The molecule has 168 valence electrons. The molecule has 0 heterocycles. The predicted octanol–water partition coefficient (Wildman–Crippen LogP) is 4.39. The van der Waals surface area contributed by atoms with Crippen molar-refractivity contribution < 1.29 is 23.8 Å². The van der Waals surface area contributed by atoms with Crippen molar-refractivity contribution in [3.05, 3.63) is 27.7 Å². The summed E-state index contributed by atoms with van der Waals surface area (Å²) in [5.41, 5.74) is 0.620. The van der Waals surface area contributed by atoms with Crippen molar-refractivity contribution in [3.63, 3.8) is 0 Å². The van der Waals surface area contributed by atoms with E-state index in [1.807, 2.05) is 13.0 Å². The Morgan fingerprint density at radius 2 is 1.97 bits per heavy atom. The zero-order valence-corrected chi connectivity index (χ0v) is 19.8. The van der Waals surface area contributed by atoms with Crippen LogP contribution in [-0.2, 0) is 14.3 Å². The third kappa shape index (κ3) is 7.28. The van der Waals surface area contributed by atoms with Gasteiger partial charge in [-0.3, -0.25) is 4.79 Å². The summed E-state index contributed by atoms with van der Waals surface area (Å²) >= 11 is 3.42. The molecule has 0 radical (unpaired) electrons. The molecule has 0 spiro atoms. The summed E-state index contributed by atoms with van der Waals surface area (Å²) in [6, 6.07) is 5.45. The van der Waals surface area contributed by atoms with E-state index in [1.165, 1.54) is 12.5 Å². The minimum absolute atomic E-state index is 0.0207. The molecule has 1 saturated carbocycles. The number of carbonyl (C=O) groups excluding carboxylic acids is 2. The number of hydrogen-bond acceptors (Lipinski definition) is 6. The molecule has 1 aliphatic rings. The number of nitriles is 1. The Labute approximate surface area is 191 Å². The number of ether oxygens (including phenoxy) is 3. The van der Waals surface area contributed by atoms with Gasteiger partial charge in [-0.15, -0.1) is 0 Å². The zero-order chi connectivity index (χ0) is 22.8. The van der Waals surface area contributed by atoms with Gasteiger partial charge in [0, 0.05) is 6.04 Å². The van der Waals surface area contributed by atoms with E-state index in [9.17, 15) is 14.9 Å². The number of rotatable bonds is 9. The number of nitrogens with zero attached hydrogens (tertiary/aromatic N) is 1. The third-order valence-corrected chi connectivity index (χ3v) is 5.66. The number of nitrogens with one attached hydrogen (secondary N) is 1. The molecule has 1 fully saturated rings. The van der Waals surface area contributed by atoms with Gasteiger partial charge in [0.2, 0.25) is 0 Å². The molecule has 0 aliphatic heterocycles. The smallest absolute Gasteiger partial charge is 0.344 e. The van der Waals surface area contributed by atoms with Gasteiger partial charge < -0.3 is 19.5 Å². The number of carbonyl (C=O) groups is 2. The highest BCUT2D eigenvalue weighted by Gasteiger charge is 2.24. The largest absolute Gasteiger partial charge is 0.490 e. The fraction of sp³-hybridized carbons (Fsp3) is 0.522. The van der Waals surface area contributed by atoms with Crippen molar-refractivity contribution in [2.24, 2.45) is 5.92 Å². The molecule has 1 aromatic carbocycles. The van der Waals surface area contributed by atoms with Gasteiger partial charge in [0.25, 0.3) is 5.91 Å². The molecule has 1 aliphatic carbocycles. The first-order valence-electron chi connectivity index (χ1n) is 10.6. The SMILES string of the molecule is CCOC(=O)COc1c(Br)cc(/C=C(\C#N)C(=O)N[C@H]2CCCC[C@H]2C)cc1OCC. The molecule has 0 saturated heterocycles. The Bertz CT molecular complexity index is 862. The second kappa shape index (κ2) is 12.4. The van der Waals surface area contributed by atoms with E-state index in [1.54, 1.807) is 19.1 Å². The average Bonchev–Trinajstić information content (AvgIpc) is 2.73. The third-order valence-electron chi connectivity index (χ3n) is 5.08. The molecule has 2 rings (SSSR count). The second-order valence-electron chi connectivity index (χ2n) is 7.37. The van der Waals surface area contributed by atoms with Gasteiger partial charge in [-0.1, -0.05) is 19.8 Å². The Balaban J connectivity index is 2.22. The Kier molecular flexibility index (Phi) is 9.86. The van der Waals surface area contributed by atoms with Crippen molar-refractivity contribution in [1.29, 1.82) is 5.26 Å². The summed E-state index contributed by atoms with van der Waals surface area (Å²) in [7, 11) is 0. The van der Waals surface area contributed by atoms with Crippen LogP contribution >= 0.6 is 15.9 Å². The van der Waals surface area contributed by atoms with Crippen molar-refractivity contribution in [1.82, 2.24) is 5.32 Å². The maximum absolute atomic E-state index is 12.7. The van der Waals surface area contributed by atoms with Crippen LogP contribution in [0, 0.1) is 17.2 Å². The van der Waals surface area contributed by atoms with Crippen LogP contribution < -0.4 is 14.8 Å². The topological polar surface area (TPSA) is 97.7 Å². The van der Waals surface area contributed by atoms with Crippen molar-refractivity contribution in [3.8, 4) is 17.6 Å². The molecule has 8 heteroatoms. The Morgan fingerprint density at radius 1 is 1.23 bits per heavy atom. The maximum atomic E-state index is 12.7. The van der Waals surface area contributed by atoms with E-state index in [-0.39, 0.29) is 30.7 Å². The van der Waals surface area contributed by atoms with Crippen LogP contribution in [0.1, 0.15) is 52.0 Å². The normalized spacial score (nSPS) is 18.6. The average molecular weight is 493 g/mol. The number of hydrogen-bond donors (Lipinski definition) is 1. The highest BCUT2D eigenvalue weighted by molar-refractivity contribution is 9.10. The second-order valence-corrected chi connectivity index (χ2v) is 8.22. The molecule has 31 heavy (non-hydrogen) atoms. The number of benzene rings is 1. The van der Waals surface area contributed by atoms with E-state index < -0.39 is 5.97 Å². The van der Waals surface area contributed by atoms with Crippen molar-refractivity contribution >= 4 is 33.9 Å². The minimum Gasteiger partial charge on any atom is -0.490 e. The van der Waals surface area contributed by atoms with Crippen molar-refractivity contribution in [2.75, 3.05) is 19.8 Å². The summed E-state index contributed by atoms with van der Waals surface area (Å²) < 4.78 is 16.6. The van der Waals surface area contributed by atoms with Crippen LogP contribution in [-0.4, -0.2) is 37.7 Å². The lowest BCUT2D eigenvalue weighted by Gasteiger charge is -2.29. The predicted molar refractivity (Wildman–Crippen MR) is 121 cm³/mol. The van der Waals surface area contributed by atoms with Crippen LogP contribution in [0.25, 0.3) is 6.08 Å². The van der Waals surface area contributed by atoms with E-state index in [2.05, 4.69) is 28.2 Å². The molecular formula is C23H29BrN2O5. The molecule has 1 amide bonds. The summed E-state index contributed by atoms with van der Waals surface area (Å²) in [5.74, 6) is 0.281. The minimum atomic E-state index is -0.485. The van der Waals surface area contributed by atoms with Crippen molar-refractivity contribution in [2.45, 2.75) is 52.5 Å². The summed E-state index contributed by atoms with van der Waals surface area (Å²) in [4.78, 5) is 24.3. The van der Waals surface area contributed by atoms with Gasteiger partial charge in [0.1, 0.15) is 11.6 Å².